The van der Waals surface area contributed by atoms with Crippen LogP contribution in [-0.4, -0.2) is 24.9 Å². The van der Waals surface area contributed by atoms with Gasteiger partial charge in [0.2, 0.25) is 5.91 Å². The average Bonchev–Trinajstić information content (AvgIpc) is 2.93. The monoisotopic (exact) mass is 479 g/mol. The molecule has 6 heteroatoms. The second-order valence-electron chi connectivity index (χ2n) is 8.13. The number of rotatable bonds is 10. The van der Waals surface area contributed by atoms with Crippen LogP contribution in [-0.2, 0) is 11.4 Å². The van der Waals surface area contributed by atoms with E-state index in [0.717, 1.165) is 16.9 Å². The van der Waals surface area contributed by atoms with Gasteiger partial charge in [0.25, 0.3) is 5.91 Å². The Hall–Kier alpha value is -4.58. The molecule has 0 saturated heterocycles. The number of nitrogens with zero attached hydrogens (tertiary/aromatic N) is 1. The Bertz CT molecular complexity index is 1280. The maximum Gasteiger partial charge on any atom is 0.258 e. The lowest BCUT2D eigenvalue weighted by atomic mass is 10.1. The first kappa shape index (κ1) is 24.5. The number of benzene rings is 4. The normalized spacial score (nSPS) is 10.4. The Balaban J connectivity index is 1.31. The van der Waals surface area contributed by atoms with Crippen LogP contribution in [0.1, 0.15) is 22.8 Å². The number of carbonyl (C=O) groups excluding carboxylic acids is 2. The molecule has 0 spiro atoms. The smallest absolute Gasteiger partial charge is 0.258 e. The van der Waals surface area contributed by atoms with Gasteiger partial charge in [0.05, 0.1) is 12.2 Å². The molecule has 0 aliphatic heterocycles. The van der Waals surface area contributed by atoms with E-state index < -0.39 is 0 Å². The van der Waals surface area contributed by atoms with Gasteiger partial charge in [0, 0.05) is 23.5 Å². The van der Waals surface area contributed by atoms with Crippen molar-refractivity contribution in [1.82, 2.24) is 0 Å². The summed E-state index contributed by atoms with van der Waals surface area (Å²) < 4.78 is 5.91. The van der Waals surface area contributed by atoms with Gasteiger partial charge in [-0.25, -0.2) is 0 Å². The van der Waals surface area contributed by atoms with E-state index >= 15 is 0 Å². The largest absolute Gasteiger partial charge is 0.487 e. The molecular formula is C30H29N3O3. The number of amides is 2. The SMILES string of the molecule is CCN(C(=O)c1ccc(NCC(=O)Nc2ccccc2OCc2ccccc2)cc1)c1ccccc1. The summed E-state index contributed by atoms with van der Waals surface area (Å²) in [5.74, 6) is 0.337. The summed E-state index contributed by atoms with van der Waals surface area (Å²) in [6.45, 7) is 3.01. The highest BCUT2D eigenvalue weighted by Gasteiger charge is 2.16. The fourth-order valence-corrected chi connectivity index (χ4v) is 3.75. The predicted molar refractivity (Wildman–Crippen MR) is 145 cm³/mol. The topological polar surface area (TPSA) is 70.7 Å². The highest BCUT2D eigenvalue weighted by atomic mass is 16.5. The van der Waals surface area contributed by atoms with Gasteiger partial charge in [-0.2, -0.15) is 0 Å². The maximum atomic E-state index is 13.0. The van der Waals surface area contributed by atoms with E-state index in [2.05, 4.69) is 10.6 Å². The number of nitrogens with one attached hydrogen (secondary N) is 2. The van der Waals surface area contributed by atoms with Crippen LogP contribution in [0.3, 0.4) is 0 Å². The zero-order chi connectivity index (χ0) is 25.2. The van der Waals surface area contributed by atoms with E-state index in [9.17, 15) is 9.59 Å². The van der Waals surface area contributed by atoms with Gasteiger partial charge in [-0.1, -0.05) is 60.7 Å². The van der Waals surface area contributed by atoms with Crippen molar-refractivity contribution in [2.45, 2.75) is 13.5 Å². The third kappa shape index (κ3) is 6.51. The first-order valence-corrected chi connectivity index (χ1v) is 11.9. The van der Waals surface area contributed by atoms with Crippen molar-refractivity contribution in [1.29, 1.82) is 0 Å². The molecular weight excluding hydrogens is 450 g/mol. The number of carbonyl (C=O) groups is 2. The minimum atomic E-state index is -0.202. The van der Waals surface area contributed by atoms with Crippen LogP contribution in [0, 0.1) is 0 Å². The first-order valence-electron chi connectivity index (χ1n) is 11.9. The van der Waals surface area contributed by atoms with Gasteiger partial charge in [0.1, 0.15) is 12.4 Å². The minimum absolute atomic E-state index is 0.0693. The van der Waals surface area contributed by atoms with Crippen molar-refractivity contribution in [3.8, 4) is 5.75 Å². The molecule has 0 bridgehead atoms. The van der Waals surface area contributed by atoms with Crippen molar-refractivity contribution < 1.29 is 14.3 Å². The molecule has 0 unspecified atom stereocenters. The molecule has 36 heavy (non-hydrogen) atoms. The highest BCUT2D eigenvalue weighted by molar-refractivity contribution is 6.06. The fraction of sp³-hybridized carbons (Fsp3) is 0.133. The number of ether oxygens (including phenoxy) is 1. The zero-order valence-electron chi connectivity index (χ0n) is 20.2. The van der Waals surface area contributed by atoms with Crippen LogP contribution in [0.2, 0.25) is 0 Å². The third-order valence-corrected chi connectivity index (χ3v) is 5.61. The molecule has 0 aromatic heterocycles. The molecule has 182 valence electrons. The summed E-state index contributed by atoms with van der Waals surface area (Å²) in [4.78, 5) is 27.3. The van der Waals surface area contributed by atoms with E-state index in [1.165, 1.54) is 0 Å². The number of para-hydroxylation sites is 3. The molecule has 4 aromatic carbocycles. The van der Waals surface area contributed by atoms with Gasteiger partial charge in [-0.05, 0) is 61.0 Å². The summed E-state index contributed by atoms with van der Waals surface area (Å²) in [6, 6.07) is 33.9. The Morgan fingerprint density at radius 3 is 2.11 bits per heavy atom. The quantitative estimate of drug-likeness (QED) is 0.293. The van der Waals surface area contributed by atoms with Crippen LogP contribution in [0.4, 0.5) is 17.1 Å². The molecule has 4 aromatic rings. The van der Waals surface area contributed by atoms with Gasteiger partial charge in [-0.3, -0.25) is 9.59 Å². The summed E-state index contributed by atoms with van der Waals surface area (Å²) in [6.07, 6.45) is 0. The van der Waals surface area contributed by atoms with Gasteiger partial charge in [-0.15, -0.1) is 0 Å². The van der Waals surface area contributed by atoms with Gasteiger partial charge >= 0.3 is 0 Å². The van der Waals surface area contributed by atoms with Crippen molar-refractivity contribution >= 4 is 28.9 Å². The van der Waals surface area contributed by atoms with Gasteiger partial charge < -0.3 is 20.3 Å². The van der Waals surface area contributed by atoms with Crippen LogP contribution in [0.15, 0.2) is 109 Å². The van der Waals surface area contributed by atoms with Crippen molar-refractivity contribution in [2.75, 3.05) is 28.6 Å². The Labute approximate surface area is 211 Å². The summed E-state index contributed by atoms with van der Waals surface area (Å²) in [5, 5.41) is 6.01. The lowest BCUT2D eigenvalue weighted by Gasteiger charge is -2.21. The molecule has 0 atom stereocenters. The van der Waals surface area contributed by atoms with Crippen molar-refractivity contribution in [3.05, 3.63) is 120 Å². The molecule has 2 amide bonds. The molecule has 2 N–H and O–H groups in total. The Morgan fingerprint density at radius 2 is 1.42 bits per heavy atom. The van der Waals surface area contributed by atoms with Crippen molar-refractivity contribution in [3.63, 3.8) is 0 Å². The standard InChI is InChI=1S/C30H29N3O3/c1-2-33(26-13-7-4-8-14-26)30(35)24-17-19-25(20-18-24)31-21-29(34)32-27-15-9-10-16-28(27)36-22-23-11-5-3-6-12-23/h3-20,31H,2,21-22H2,1H3,(H,32,34). The van der Waals surface area contributed by atoms with E-state index in [1.807, 2.05) is 91.9 Å². The second-order valence-corrected chi connectivity index (χ2v) is 8.13. The zero-order valence-corrected chi connectivity index (χ0v) is 20.2. The maximum absolute atomic E-state index is 13.0. The molecule has 4 rings (SSSR count). The molecule has 0 saturated carbocycles. The Morgan fingerprint density at radius 1 is 0.778 bits per heavy atom. The number of hydrogen-bond donors (Lipinski definition) is 2. The second kappa shape index (κ2) is 12.2. The van der Waals surface area contributed by atoms with Crippen LogP contribution >= 0.6 is 0 Å². The summed E-state index contributed by atoms with van der Waals surface area (Å²) >= 11 is 0. The molecule has 0 aliphatic rings. The predicted octanol–water partition coefficient (Wildman–Crippen LogP) is 5.98. The Kier molecular flexibility index (Phi) is 8.33. The summed E-state index contributed by atoms with van der Waals surface area (Å²) in [7, 11) is 0. The third-order valence-electron chi connectivity index (χ3n) is 5.61. The van der Waals surface area contributed by atoms with Crippen LogP contribution in [0.5, 0.6) is 5.75 Å². The van der Waals surface area contributed by atoms with E-state index in [0.29, 0.717) is 30.2 Å². The molecule has 0 fully saturated rings. The van der Waals surface area contributed by atoms with Crippen LogP contribution in [0.25, 0.3) is 0 Å². The van der Waals surface area contributed by atoms with Crippen molar-refractivity contribution in [2.24, 2.45) is 0 Å². The minimum Gasteiger partial charge on any atom is -0.487 e. The number of anilines is 3. The number of hydrogen-bond acceptors (Lipinski definition) is 4. The van der Waals surface area contributed by atoms with E-state index in [-0.39, 0.29) is 18.4 Å². The lowest BCUT2D eigenvalue weighted by molar-refractivity contribution is -0.114. The average molecular weight is 480 g/mol. The van der Waals surface area contributed by atoms with E-state index in [4.69, 9.17) is 4.74 Å². The van der Waals surface area contributed by atoms with Crippen LogP contribution < -0.4 is 20.3 Å². The first-order chi connectivity index (χ1) is 17.6. The molecule has 6 nitrogen and oxygen atoms in total. The molecule has 0 heterocycles. The summed E-state index contributed by atoms with van der Waals surface area (Å²) in [5.41, 5.74) is 3.85. The fourth-order valence-electron chi connectivity index (χ4n) is 3.75. The molecule has 0 aliphatic carbocycles. The molecule has 0 radical (unpaired) electrons. The van der Waals surface area contributed by atoms with E-state index in [1.54, 1.807) is 29.2 Å². The van der Waals surface area contributed by atoms with Gasteiger partial charge in [0.15, 0.2) is 0 Å². The lowest BCUT2D eigenvalue weighted by Crippen LogP contribution is -2.30. The highest BCUT2D eigenvalue weighted by Crippen LogP contribution is 2.25.